The Morgan fingerprint density at radius 2 is 2.23 bits per heavy atom. The molecule has 1 aromatic carbocycles. The largest absolute Gasteiger partial charge is 0.479 e. The van der Waals surface area contributed by atoms with E-state index in [1.165, 1.54) is 25.3 Å². The van der Waals surface area contributed by atoms with E-state index >= 15 is 4.39 Å². The zero-order valence-electron chi connectivity index (χ0n) is 22.1. The quantitative estimate of drug-likeness (QED) is 0.426. The molecule has 0 bridgehead atoms. The van der Waals surface area contributed by atoms with Crippen LogP contribution in [0.3, 0.4) is 0 Å². The minimum atomic E-state index is -3.51. The van der Waals surface area contributed by atoms with Crippen LogP contribution in [0.4, 0.5) is 22.0 Å². The monoisotopic (exact) mass is 500 g/mol. The summed E-state index contributed by atoms with van der Waals surface area (Å²) in [5.74, 6) is -4.78. The molecule has 0 radical (unpaired) electrons. The summed E-state index contributed by atoms with van der Waals surface area (Å²) in [4.78, 5) is 8.73. The highest BCUT2D eigenvalue weighted by Crippen LogP contribution is 2.34. The van der Waals surface area contributed by atoms with E-state index in [0.717, 1.165) is 9.20 Å². The van der Waals surface area contributed by atoms with Gasteiger partial charge in [-0.25, -0.2) is 31.6 Å². The van der Waals surface area contributed by atoms with Crippen molar-refractivity contribution in [2.45, 2.75) is 31.4 Å². The smallest absolute Gasteiger partial charge is 0.282 e. The molecule has 0 aliphatic carbocycles. The molecular weight excluding hydrogens is 475 g/mol. The number of fused-ring (bicyclic) bond motifs is 2. The number of methoxy groups -OCH3 is 1. The topological polar surface area (TPSA) is 88.6 Å². The first-order valence-electron chi connectivity index (χ1n) is 12.4. The van der Waals surface area contributed by atoms with Gasteiger partial charge in [0.2, 0.25) is 11.5 Å². The Bertz CT molecular complexity index is 1620. The molecule has 0 amide bonds. The van der Waals surface area contributed by atoms with Crippen molar-refractivity contribution in [3.8, 4) is 17.0 Å². The maximum absolute atomic E-state index is 15.4. The number of halogens is 5. The van der Waals surface area contributed by atoms with E-state index < -0.39 is 56.1 Å². The normalized spacial score (nSPS) is 21.3. The summed E-state index contributed by atoms with van der Waals surface area (Å²) in [6.07, 6.45) is -3.69. The lowest BCUT2D eigenvalue weighted by molar-refractivity contribution is -0.0738. The van der Waals surface area contributed by atoms with Gasteiger partial charge < -0.3 is 9.64 Å². The van der Waals surface area contributed by atoms with Gasteiger partial charge in [0.25, 0.3) is 12.3 Å². The molecule has 1 saturated heterocycles. The van der Waals surface area contributed by atoms with Crippen molar-refractivity contribution < 1.29 is 32.2 Å². The van der Waals surface area contributed by atoms with Crippen LogP contribution in [-0.2, 0) is 6.54 Å². The van der Waals surface area contributed by atoms with Crippen LogP contribution in [0.2, 0.25) is 0 Å². The van der Waals surface area contributed by atoms with Crippen LogP contribution in [0.5, 0.6) is 5.88 Å². The molecule has 35 heavy (non-hydrogen) atoms. The fraction of sp³-hybridized carbons (Fsp3) is 0.429. The summed E-state index contributed by atoms with van der Waals surface area (Å²) in [5.41, 5.74) is 0.0563. The van der Waals surface area contributed by atoms with Gasteiger partial charge in [-0.1, -0.05) is 11.3 Å². The van der Waals surface area contributed by atoms with E-state index in [4.69, 9.17) is 10.2 Å². The predicted octanol–water partition coefficient (Wildman–Crippen LogP) is 2.73. The molecule has 1 N–H and O–H groups in total. The summed E-state index contributed by atoms with van der Waals surface area (Å²) in [6, 6.07) is 2.65. The van der Waals surface area contributed by atoms with E-state index in [1.807, 2.05) is 0 Å². The Hall–Kier alpha value is -3.55. The lowest BCUT2D eigenvalue weighted by atomic mass is 10.0. The minimum Gasteiger partial charge on any atom is -0.479 e. The third kappa shape index (κ3) is 4.22. The van der Waals surface area contributed by atoms with E-state index in [9.17, 15) is 17.6 Å². The van der Waals surface area contributed by atoms with Crippen LogP contribution in [0, 0.1) is 5.82 Å². The second kappa shape index (κ2) is 8.59. The average molecular weight is 500 g/mol. The zero-order chi connectivity index (χ0) is 28.3. The molecule has 0 spiro atoms. The molecule has 0 saturated carbocycles. The van der Waals surface area contributed by atoms with Crippen LogP contribution < -0.4 is 10.4 Å². The minimum absolute atomic E-state index is 0.0600. The number of aromatic nitrogens is 6. The van der Waals surface area contributed by atoms with Gasteiger partial charge in [-0.15, -0.1) is 5.10 Å². The standard InChI is InChI=1S/C21H21F5N8O/c1-32-6-5-15(21(25,26)10-32)27-20-28-19(35-2)18-17(12(22)8-34(18)30-20)11-3-4-13-14(7-11)33(31-29-13)9-16(23)24/h3-4,7-8,15-16H,5-6,9-10H2,1-2H3,(H,27,30)/i1D3,8D. The molecular formula is C21H21F5N8O. The van der Waals surface area contributed by atoms with Crippen LogP contribution in [0.1, 0.15) is 11.9 Å². The number of nitrogens with zero attached hydrogens (tertiary/aromatic N) is 7. The Labute approximate surface area is 200 Å². The van der Waals surface area contributed by atoms with Crippen molar-refractivity contribution in [1.29, 1.82) is 0 Å². The van der Waals surface area contributed by atoms with Crippen molar-refractivity contribution in [2.24, 2.45) is 4.99 Å². The van der Waals surface area contributed by atoms with E-state index in [0.29, 0.717) is 4.90 Å². The second-order valence-electron chi connectivity index (χ2n) is 8.02. The summed E-state index contributed by atoms with van der Waals surface area (Å²) < 4.78 is 109. The molecule has 1 aliphatic heterocycles. The van der Waals surface area contributed by atoms with Crippen LogP contribution in [0.15, 0.2) is 29.4 Å². The van der Waals surface area contributed by atoms with Crippen LogP contribution in [0.25, 0.3) is 27.7 Å². The SMILES string of the molecule is [2H]c1c(F)c(-c2ccc3nnn(CC(F)F)c3c2)c2c(OC)nc(=NC3CCN(C([2H])([2H])[2H])CC3(F)F)[nH]n12. The van der Waals surface area contributed by atoms with E-state index in [1.54, 1.807) is 0 Å². The van der Waals surface area contributed by atoms with Gasteiger partial charge in [0.1, 0.15) is 23.6 Å². The molecule has 1 aliphatic rings. The maximum Gasteiger partial charge on any atom is 0.282 e. The molecule has 1 fully saturated rings. The van der Waals surface area contributed by atoms with Crippen molar-refractivity contribution in [3.05, 3.63) is 35.8 Å². The second-order valence-corrected chi connectivity index (χ2v) is 8.02. The van der Waals surface area contributed by atoms with Crippen molar-refractivity contribution in [1.82, 2.24) is 34.5 Å². The first-order valence-corrected chi connectivity index (χ1v) is 10.4. The van der Waals surface area contributed by atoms with E-state index in [-0.39, 0.29) is 46.5 Å². The molecule has 5 rings (SSSR count). The third-order valence-corrected chi connectivity index (χ3v) is 5.66. The Balaban J connectivity index is 1.62. The van der Waals surface area contributed by atoms with Gasteiger partial charge in [0, 0.05) is 10.7 Å². The third-order valence-electron chi connectivity index (χ3n) is 5.66. The maximum atomic E-state index is 15.4. The Kier molecular flexibility index (Phi) is 4.60. The molecule has 3 aromatic heterocycles. The van der Waals surface area contributed by atoms with Gasteiger partial charge in [-0.05, 0) is 31.1 Å². The van der Waals surface area contributed by atoms with E-state index in [2.05, 4.69) is 25.4 Å². The first-order chi connectivity index (χ1) is 18.3. The van der Waals surface area contributed by atoms with Crippen LogP contribution in [-0.4, -0.2) is 80.1 Å². The Morgan fingerprint density at radius 3 is 2.94 bits per heavy atom. The lowest BCUT2D eigenvalue weighted by Gasteiger charge is -2.33. The number of likely N-dealkylation sites (tertiary alicyclic amines) is 1. The van der Waals surface area contributed by atoms with Crippen molar-refractivity contribution in [3.63, 3.8) is 0 Å². The number of H-pyrrole nitrogens is 1. The van der Waals surface area contributed by atoms with Gasteiger partial charge >= 0.3 is 0 Å². The van der Waals surface area contributed by atoms with Crippen molar-refractivity contribution >= 4 is 16.6 Å². The highest BCUT2D eigenvalue weighted by molar-refractivity contribution is 5.89. The van der Waals surface area contributed by atoms with Gasteiger partial charge in [0.05, 0.1) is 32.3 Å². The summed E-state index contributed by atoms with van der Waals surface area (Å²) in [7, 11) is 1.21. The number of ether oxygens (including phenoxy) is 1. The fourth-order valence-electron chi connectivity index (χ4n) is 4.07. The summed E-state index contributed by atoms with van der Waals surface area (Å²) >= 11 is 0. The molecule has 1 unspecified atom stereocenters. The summed E-state index contributed by atoms with van der Waals surface area (Å²) in [6.45, 7) is -4.62. The highest BCUT2D eigenvalue weighted by atomic mass is 19.3. The fourth-order valence-corrected chi connectivity index (χ4v) is 4.07. The van der Waals surface area contributed by atoms with Gasteiger partial charge in [0.15, 0.2) is 5.82 Å². The number of hydrogen-bond acceptors (Lipinski definition) is 6. The molecule has 14 heteroatoms. The predicted molar refractivity (Wildman–Crippen MR) is 115 cm³/mol. The van der Waals surface area contributed by atoms with Gasteiger partial charge in [-0.2, -0.15) is 4.98 Å². The number of nitrogens with one attached hydrogen (secondary N) is 1. The summed E-state index contributed by atoms with van der Waals surface area (Å²) in [5, 5.41) is 10.1. The highest BCUT2D eigenvalue weighted by Gasteiger charge is 2.43. The molecule has 9 nitrogen and oxygen atoms in total. The van der Waals surface area contributed by atoms with Crippen molar-refractivity contribution in [2.75, 3.05) is 27.2 Å². The van der Waals surface area contributed by atoms with Crippen LogP contribution >= 0.6 is 0 Å². The number of hydrogen-bond donors (Lipinski definition) is 1. The molecule has 186 valence electrons. The Morgan fingerprint density at radius 1 is 1.40 bits per heavy atom. The number of benzene rings is 1. The number of piperidine rings is 1. The first kappa shape index (κ1) is 18.7. The number of alkyl halides is 4. The van der Waals surface area contributed by atoms with Gasteiger partial charge in [-0.3, -0.25) is 9.61 Å². The lowest BCUT2D eigenvalue weighted by Crippen LogP contribution is -2.50. The average Bonchev–Trinajstić information content (AvgIpc) is 3.36. The number of aromatic amines is 1. The molecule has 4 heterocycles. The molecule has 4 aromatic rings. The number of rotatable bonds is 5. The molecule has 1 atom stereocenters. The zero-order valence-corrected chi connectivity index (χ0v) is 18.1.